The monoisotopic (exact) mass is 347 g/mol. The van der Waals surface area contributed by atoms with E-state index in [1.807, 2.05) is 0 Å². The number of benzene rings is 1. The molecule has 0 N–H and O–H groups in total. The van der Waals surface area contributed by atoms with E-state index in [-0.39, 0.29) is 23.9 Å². The number of carbonyl (C=O) groups is 1. The van der Waals surface area contributed by atoms with Gasteiger partial charge < -0.3 is 4.90 Å². The van der Waals surface area contributed by atoms with Gasteiger partial charge in [0.25, 0.3) is 0 Å². The Morgan fingerprint density at radius 2 is 1.85 bits per heavy atom. The average Bonchev–Trinajstić information content (AvgIpc) is 2.31. The summed E-state index contributed by atoms with van der Waals surface area (Å²) in [5.41, 5.74) is 0.492. The number of halogens is 6. The van der Waals surface area contributed by atoms with Crippen LogP contribution in [-0.4, -0.2) is 36.0 Å². The van der Waals surface area contributed by atoms with Crippen LogP contribution in [0.1, 0.15) is 5.56 Å². The lowest BCUT2D eigenvalue weighted by Crippen LogP contribution is -2.40. The van der Waals surface area contributed by atoms with Crippen LogP contribution >= 0.6 is 34.8 Å². The maximum absolute atomic E-state index is 12.4. The van der Waals surface area contributed by atoms with Crippen molar-refractivity contribution in [2.24, 2.45) is 0 Å². The predicted molar refractivity (Wildman–Crippen MR) is 73.5 cm³/mol. The number of hydrogen-bond donors (Lipinski definition) is 0. The number of carbonyl (C=O) groups excluding carboxylic acids is 1. The Morgan fingerprint density at radius 3 is 2.35 bits per heavy atom. The van der Waals surface area contributed by atoms with Crippen molar-refractivity contribution in [1.29, 1.82) is 0 Å². The van der Waals surface area contributed by atoms with E-state index in [0.29, 0.717) is 15.5 Å². The molecule has 0 spiro atoms. The van der Waals surface area contributed by atoms with Crippen LogP contribution < -0.4 is 0 Å². The zero-order chi connectivity index (χ0) is 15.3. The van der Waals surface area contributed by atoms with E-state index in [1.165, 1.54) is 12.1 Å². The molecule has 0 aliphatic rings. The van der Waals surface area contributed by atoms with Crippen molar-refractivity contribution in [2.75, 3.05) is 19.0 Å². The molecular formula is C12H11Cl3F3NO. The first-order valence-corrected chi connectivity index (χ1v) is 6.86. The summed E-state index contributed by atoms with van der Waals surface area (Å²) in [6.45, 7) is -1.49. The normalized spacial score (nSPS) is 11.5. The SMILES string of the molecule is O=C(Cc1ccc(Cl)c(Cl)c1)N(CCCl)CC(F)(F)F. The fourth-order valence-electron chi connectivity index (χ4n) is 1.55. The van der Waals surface area contributed by atoms with Crippen LogP contribution in [0.4, 0.5) is 13.2 Å². The topological polar surface area (TPSA) is 20.3 Å². The number of amides is 1. The van der Waals surface area contributed by atoms with E-state index in [4.69, 9.17) is 34.8 Å². The van der Waals surface area contributed by atoms with Gasteiger partial charge in [-0.15, -0.1) is 11.6 Å². The van der Waals surface area contributed by atoms with Gasteiger partial charge in [0, 0.05) is 12.4 Å². The third-order valence-corrected chi connectivity index (χ3v) is 3.32. The van der Waals surface area contributed by atoms with Gasteiger partial charge in [-0.3, -0.25) is 4.79 Å². The van der Waals surface area contributed by atoms with Crippen molar-refractivity contribution in [3.8, 4) is 0 Å². The average molecular weight is 349 g/mol. The van der Waals surface area contributed by atoms with Crippen molar-refractivity contribution in [3.05, 3.63) is 33.8 Å². The smallest absolute Gasteiger partial charge is 0.332 e. The van der Waals surface area contributed by atoms with Gasteiger partial charge in [0.05, 0.1) is 16.5 Å². The molecule has 0 bridgehead atoms. The summed E-state index contributed by atoms with van der Waals surface area (Å²) >= 11 is 16.9. The molecule has 2 nitrogen and oxygen atoms in total. The zero-order valence-electron chi connectivity index (χ0n) is 10.2. The Bertz CT molecular complexity index is 480. The number of hydrogen-bond acceptors (Lipinski definition) is 1. The van der Waals surface area contributed by atoms with Gasteiger partial charge >= 0.3 is 6.18 Å². The second-order valence-corrected chi connectivity index (χ2v) is 5.24. The van der Waals surface area contributed by atoms with Crippen LogP contribution in [0.15, 0.2) is 18.2 Å². The molecule has 0 radical (unpaired) electrons. The van der Waals surface area contributed by atoms with Crippen LogP contribution in [0.5, 0.6) is 0 Å². The quantitative estimate of drug-likeness (QED) is 0.732. The molecule has 8 heteroatoms. The Balaban J connectivity index is 2.77. The molecule has 112 valence electrons. The van der Waals surface area contributed by atoms with E-state index in [1.54, 1.807) is 6.07 Å². The highest BCUT2D eigenvalue weighted by Gasteiger charge is 2.32. The molecule has 0 saturated carbocycles. The van der Waals surface area contributed by atoms with Crippen molar-refractivity contribution < 1.29 is 18.0 Å². The molecule has 0 unspecified atom stereocenters. The molecule has 20 heavy (non-hydrogen) atoms. The Hall–Kier alpha value is -0.650. The summed E-state index contributed by atoms with van der Waals surface area (Å²) in [4.78, 5) is 12.5. The molecule has 0 heterocycles. The summed E-state index contributed by atoms with van der Waals surface area (Å²) < 4.78 is 37.1. The lowest BCUT2D eigenvalue weighted by Gasteiger charge is -2.23. The Kier molecular flexibility index (Phi) is 6.43. The molecule has 1 amide bonds. The molecular weight excluding hydrogens is 337 g/mol. The highest BCUT2D eigenvalue weighted by Crippen LogP contribution is 2.23. The molecule has 1 aromatic carbocycles. The largest absolute Gasteiger partial charge is 0.406 e. The summed E-state index contributed by atoms with van der Waals surface area (Å²) in [6.07, 6.45) is -4.65. The standard InChI is InChI=1S/C12H11Cl3F3NO/c13-3-4-19(7-12(16,17)18)11(20)6-8-1-2-9(14)10(15)5-8/h1-2,5H,3-4,6-7H2. The summed E-state index contributed by atoms with van der Waals surface area (Å²) in [7, 11) is 0. The van der Waals surface area contributed by atoms with Gasteiger partial charge in [-0.1, -0.05) is 29.3 Å². The van der Waals surface area contributed by atoms with Gasteiger partial charge in [0.1, 0.15) is 6.54 Å². The first-order chi connectivity index (χ1) is 9.23. The minimum absolute atomic E-state index is 0.0663. The second-order valence-electron chi connectivity index (χ2n) is 4.04. The van der Waals surface area contributed by atoms with E-state index in [0.717, 1.165) is 0 Å². The lowest BCUT2D eigenvalue weighted by atomic mass is 10.1. The second kappa shape index (κ2) is 7.38. The maximum Gasteiger partial charge on any atom is 0.406 e. The summed E-state index contributed by atoms with van der Waals surface area (Å²) in [6, 6.07) is 4.48. The molecule has 0 saturated heterocycles. The predicted octanol–water partition coefficient (Wildman–Crippen LogP) is 4.17. The highest BCUT2D eigenvalue weighted by molar-refractivity contribution is 6.42. The van der Waals surface area contributed by atoms with Crippen molar-refractivity contribution >= 4 is 40.7 Å². The minimum atomic E-state index is -4.46. The molecule has 0 aliphatic carbocycles. The van der Waals surface area contributed by atoms with E-state index >= 15 is 0 Å². The Labute approximate surface area is 129 Å². The zero-order valence-corrected chi connectivity index (χ0v) is 12.5. The van der Waals surface area contributed by atoms with E-state index in [9.17, 15) is 18.0 Å². The molecule has 1 rings (SSSR count). The molecule has 0 aromatic heterocycles. The van der Waals surface area contributed by atoms with Gasteiger partial charge in [-0.05, 0) is 17.7 Å². The number of nitrogens with zero attached hydrogens (tertiary/aromatic N) is 1. The van der Waals surface area contributed by atoms with Crippen molar-refractivity contribution in [2.45, 2.75) is 12.6 Å². The molecule has 0 atom stereocenters. The molecule has 1 aromatic rings. The number of alkyl halides is 4. The third-order valence-electron chi connectivity index (χ3n) is 2.42. The highest BCUT2D eigenvalue weighted by atomic mass is 35.5. The third kappa shape index (κ3) is 5.77. The van der Waals surface area contributed by atoms with E-state index in [2.05, 4.69) is 0 Å². The first kappa shape index (κ1) is 17.4. The van der Waals surface area contributed by atoms with Crippen LogP contribution in [0.2, 0.25) is 10.0 Å². The van der Waals surface area contributed by atoms with Gasteiger partial charge in [0.2, 0.25) is 5.91 Å². The van der Waals surface area contributed by atoms with Crippen LogP contribution in [0.3, 0.4) is 0 Å². The number of rotatable bonds is 5. The van der Waals surface area contributed by atoms with Crippen LogP contribution in [0.25, 0.3) is 0 Å². The summed E-state index contributed by atoms with van der Waals surface area (Å²) in [5.74, 6) is -0.732. The van der Waals surface area contributed by atoms with E-state index < -0.39 is 18.6 Å². The minimum Gasteiger partial charge on any atom is -0.332 e. The van der Waals surface area contributed by atoms with Crippen LogP contribution in [0, 0.1) is 0 Å². The lowest BCUT2D eigenvalue weighted by molar-refractivity contribution is -0.160. The van der Waals surface area contributed by atoms with Crippen molar-refractivity contribution in [3.63, 3.8) is 0 Å². The summed E-state index contributed by atoms with van der Waals surface area (Å²) in [5, 5.41) is 0.562. The fourth-order valence-corrected chi connectivity index (χ4v) is 2.07. The molecule has 0 aliphatic heterocycles. The Morgan fingerprint density at radius 1 is 1.20 bits per heavy atom. The fraction of sp³-hybridized carbons (Fsp3) is 0.417. The maximum atomic E-state index is 12.4. The first-order valence-electron chi connectivity index (χ1n) is 5.57. The van der Waals surface area contributed by atoms with Gasteiger partial charge in [-0.2, -0.15) is 13.2 Å². The molecule has 0 fully saturated rings. The van der Waals surface area contributed by atoms with Crippen molar-refractivity contribution in [1.82, 2.24) is 4.90 Å². The van der Waals surface area contributed by atoms with Crippen LogP contribution in [-0.2, 0) is 11.2 Å². The van der Waals surface area contributed by atoms with Gasteiger partial charge in [-0.25, -0.2) is 0 Å². The van der Waals surface area contributed by atoms with Gasteiger partial charge in [0.15, 0.2) is 0 Å².